The molecule has 1 aliphatic rings. The summed E-state index contributed by atoms with van der Waals surface area (Å²) in [6, 6.07) is 19.0. The number of hydrogen-bond acceptors (Lipinski definition) is 5. The van der Waals surface area contributed by atoms with Gasteiger partial charge in [0.15, 0.2) is 0 Å². The fourth-order valence-electron chi connectivity index (χ4n) is 4.90. The molecule has 1 N–H and O–H groups in total. The molecule has 11 heteroatoms. The van der Waals surface area contributed by atoms with Crippen molar-refractivity contribution >= 4 is 55.1 Å². The van der Waals surface area contributed by atoms with E-state index in [1.165, 1.54) is 30.2 Å². The standard InChI is InChI=1S/C30H33BrClN3O5S/c1-21(30(37)33-25-11-6-7-12-25)34(19-22-9-8-10-23(31)17-22)29(36)20-35(27-18-24(32)15-16-28(27)40-2)41(38,39)26-13-4-3-5-14-26/h3-5,8-10,13-18,21,25H,6-7,11-12,19-20H2,1-2H3,(H,33,37)/t21-/m0/s1. The van der Waals surface area contributed by atoms with Crippen LogP contribution in [0.2, 0.25) is 5.02 Å². The van der Waals surface area contributed by atoms with E-state index in [4.69, 9.17) is 16.3 Å². The van der Waals surface area contributed by atoms with Gasteiger partial charge in [-0.2, -0.15) is 0 Å². The first-order valence-corrected chi connectivity index (χ1v) is 16.0. The zero-order valence-electron chi connectivity index (χ0n) is 22.9. The number of hydrogen-bond donors (Lipinski definition) is 1. The molecule has 1 atom stereocenters. The van der Waals surface area contributed by atoms with Crippen LogP contribution in [-0.4, -0.2) is 50.9 Å². The molecule has 0 spiro atoms. The lowest BCUT2D eigenvalue weighted by Crippen LogP contribution is -2.52. The SMILES string of the molecule is COc1ccc(Cl)cc1N(CC(=O)N(Cc1cccc(Br)c1)[C@@H](C)C(=O)NC1CCCC1)S(=O)(=O)c1ccccc1. The van der Waals surface area contributed by atoms with Crippen LogP contribution >= 0.6 is 27.5 Å². The maximum absolute atomic E-state index is 14.1. The van der Waals surface area contributed by atoms with E-state index >= 15 is 0 Å². The second-order valence-electron chi connectivity index (χ2n) is 9.96. The fraction of sp³-hybridized carbons (Fsp3) is 0.333. The lowest BCUT2D eigenvalue weighted by atomic mass is 10.1. The van der Waals surface area contributed by atoms with Crippen LogP contribution in [0.15, 0.2) is 82.2 Å². The number of rotatable bonds is 11. The minimum atomic E-state index is -4.24. The number of benzene rings is 3. The van der Waals surface area contributed by atoms with Crippen LogP contribution in [0.1, 0.15) is 38.2 Å². The molecule has 0 aromatic heterocycles. The van der Waals surface area contributed by atoms with E-state index in [1.807, 2.05) is 24.3 Å². The molecule has 0 radical (unpaired) electrons. The molecule has 1 fully saturated rings. The van der Waals surface area contributed by atoms with Crippen molar-refractivity contribution < 1.29 is 22.7 Å². The minimum absolute atomic E-state index is 0.000364. The third kappa shape index (κ3) is 7.61. The number of ether oxygens (including phenoxy) is 1. The van der Waals surface area contributed by atoms with Gasteiger partial charge in [-0.15, -0.1) is 0 Å². The lowest BCUT2D eigenvalue weighted by Gasteiger charge is -2.33. The number of halogens is 2. The zero-order valence-corrected chi connectivity index (χ0v) is 26.1. The molecule has 218 valence electrons. The van der Waals surface area contributed by atoms with E-state index < -0.39 is 28.5 Å². The Hall–Kier alpha value is -3.08. The molecule has 41 heavy (non-hydrogen) atoms. The molecule has 1 aliphatic carbocycles. The van der Waals surface area contributed by atoms with Gasteiger partial charge in [0.2, 0.25) is 11.8 Å². The Morgan fingerprint density at radius 2 is 1.76 bits per heavy atom. The quantitative estimate of drug-likeness (QED) is 0.281. The Morgan fingerprint density at radius 1 is 1.05 bits per heavy atom. The average Bonchev–Trinajstić information content (AvgIpc) is 3.47. The molecule has 8 nitrogen and oxygen atoms in total. The Labute approximate surface area is 254 Å². The highest BCUT2D eigenvalue weighted by atomic mass is 79.9. The predicted octanol–water partition coefficient (Wildman–Crippen LogP) is 5.78. The van der Waals surface area contributed by atoms with Crippen molar-refractivity contribution in [2.75, 3.05) is 18.0 Å². The number of nitrogens with zero attached hydrogens (tertiary/aromatic N) is 2. The predicted molar refractivity (Wildman–Crippen MR) is 164 cm³/mol. The summed E-state index contributed by atoms with van der Waals surface area (Å²) < 4.78 is 35.2. The molecule has 4 rings (SSSR count). The Kier molecular flexibility index (Phi) is 10.3. The average molecular weight is 663 g/mol. The summed E-state index contributed by atoms with van der Waals surface area (Å²) in [7, 11) is -2.82. The third-order valence-corrected chi connectivity index (χ3v) is 9.63. The van der Waals surface area contributed by atoms with Gasteiger partial charge >= 0.3 is 0 Å². The number of carbonyl (C=O) groups is 2. The normalized spacial score (nSPS) is 14.3. The van der Waals surface area contributed by atoms with Crippen molar-refractivity contribution in [1.29, 1.82) is 0 Å². The Balaban J connectivity index is 1.73. The van der Waals surface area contributed by atoms with Gasteiger partial charge < -0.3 is 15.0 Å². The number of sulfonamides is 1. The smallest absolute Gasteiger partial charge is 0.264 e. The molecule has 2 amide bonds. The largest absolute Gasteiger partial charge is 0.495 e. The van der Waals surface area contributed by atoms with Gasteiger partial charge in [0, 0.05) is 22.1 Å². The number of carbonyl (C=O) groups excluding carboxylic acids is 2. The molecule has 3 aromatic rings. The third-order valence-electron chi connectivity index (χ3n) is 7.13. The molecule has 0 saturated heterocycles. The summed E-state index contributed by atoms with van der Waals surface area (Å²) in [6.07, 6.45) is 3.90. The number of methoxy groups -OCH3 is 1. The van der Waals surface area contributed by atoms with E-state index in [0.29, 0.717) is 0 Å². The number of nitrogens with one attached hydrogen (secondary N) is 1. The number of amides is 2. The molecule has 3 aromatic carbocycles. The maximum atomic E-state index is 14.1. The summed E-state index contributed by atoms with van der Waals surface area (Å²) >= 11 is 9.74. The first kappa shape index (κ1) is 30.9. The van der Waals surface area contributed by atoms with Gasteiger partial charge in [0.1, 0.15) is 18.3 Å². The van der Waals surface area contributed by atoms with E-state index in [-0.39, 0.29) is 39.8 Å². The van der Waals surface area contributed by atoms with Crippen LogP contribution in [0.25, 0.3) is 0 Å². The van der Waals surface area contributed by atoms with Gasteiger partial charge in [-0.3, -0.25) is 13.9 Å². The highest BCUT2D eigenvalue weighted by Crippen LogP contribution is 2.35. The summed E-state index contributed by atoms with van der Waals surface area (Å²) in [5.74, 6) is -0.606. The van der Waals surface area contributed by atoms with Crippen molar-refractivity contribution in [3.63, 3.8) is 0 Å². The highest BCUT2D eigenvalue weighted by Gasteiger charge is 2.34. The molecule has 0 aliphatic heterocycles. The number of anilines is 1. The van der Waals surface area contributed by atoms with Crippen molar-refractivity contribution in [1.82, 2.24) is 10.2 Å². The summed E-state index contributed by atoms with van der Waals surface area (Å²) in [5.41, 5.74) is 0.897. The summed E-state index contributed by atoms with van der Waals surface area (Å²) in [5, 5.41) is 3.34. The minimum Gasteiger partial charge on any atom is -0.495 e. The molecular weight excluding hydrogens is 630 g/mol. The first-order chi connectivity index (χ1) is 19.6. The monoisotopic (exact) mass is 661 g/mol. The van der Waals surface area contributed by atoms with Crippen LogP contribution in [0, 0.1) is 0 Å². The fourth-order valence-corrected chi connectivity index (χ4v) is 6.95. The van der Waals surface area contributed by atoms with Crippen molar-refractivity contribution in [3.05, 3.63) is 87.9 Å². The van der Waals surface area contributed by atoms with Gasteiger partial charge in [-0.25, -0.2) is 8.42 Å². The second kappa shape index (κ2) is 13.7. The highest BCUT2D eigenvalue weighted by molar-refractivity contribution is 9.10. The van der Waals surface area contributed by atoms with E-state index in [9.17, 15) is 18.0 Å². The van der Waals surface area contributed by atoms with Gasteiger partial charge in [-0.05, 0) is 67.8 Å². The van der Waals surface area contributed by atoms with Crippen LogP contribution in [0.4, 0.5) is 5.69 Å². The molecule has 0 unspecified atom stereocenters. The maximum Gasteiger partial charge on any atom is 0.264 e. The van der Waals surface area contributed by atoms with Gasteiger partial charge in [0.05, 0.1) is 17.7 Å². The van der Waals surface area contributed by atoms with E-state index in [0.717, 1.165) is 40.0 Å². The van der Waals surface area contributed by atoms with Crippen LogP contribution in [-0.2, 0) is 26.2 Å². The Morgan fingerprint density at radius 3 is 2.41 bits per heavy atom. The van der Waals surface area contributed by atoms with Crippen molar-refractivity contribution in [2.45, 2.75) is 56.1 Å². The zero-order chi connectivity index (χ0) is 29.6. The second-order valence-corrected chi connectivity index (χ2v) is 13.2. The molecule has 0 bridgehead atoms. The Bertz CT molecular complexity index is 1480. The van der Waals surface area contributed by atoms with Gasteiger partial charge in [0.25, 0.3) is 10.0 Å². The summed E-state index contributed by atoms with van der Waals surface area (Å²) in [4.78, 5) is 28.9. The van der Waals surface area contributed by atoms with Crippen LogP contribution < -0.4 is 14.4 Å². The van der Waals surface area contributed by atoms with Crippen molar-refractivity contribution in [3.8, 4) is 5.75 Å². The molecule has 1 saturated carbocycles. The lowest BCUT2D eigenvalue weighted by molar-refractivity contribution is -0.139. The van der Waals surface area contributed by atoms with Crippen LogP contribution in [0.3, 0.4) is 0 Å². The van der Waals surface area contributed by atoms with E-state index in [1.54, 1.807) is 37.3 Å². The topological polar surface area (TPSA) is 96.0 Å². The first-order valence-electron chi connectivity index (χ1n) is 13.4. The van der Waals surface area contributed by atoms with Crippen molar-refractivity contribution in [2.24, 2.45) is 0 Å². The van der Waals surface area contributed by atoms with Crippen LogP contribution in [0.5, 0.6) is 5.75 Å². The van der Waals surface area contributed by atoms with Gasteiger partial charge in [-0.1, -0.05) is 70.7 Å². The van der Waals surface area contributed by atoms with E-state index in [2.05, 4.69) is 21.2 Å². The molecular formula is C30H33BrClN3O5S. The summed E-state index contributed by atoms with van der Waals surface area (Å²) in [6.45, 7) is 1.18. The molecule has 0 heterocycles.